The van der Waals surface area contributed by atoms with Gasteiger partial charge in [0.2, 0.25) is 0 Å². The molecule has 2 atom stereocenters. The summed E-state index contributed by atoms with van der Waals surface area (Å²) >= 11 is 0. The third-order valence-electron chi connectivity index (χ3n) is 4.90. The summed E-state index contributed by atoms with van der Waals surface area (Å²) in [5.41, 5.74) is 3.00. The molecule has 3 rings (SSSR count). The summed E-state index contributed by atoms with van der Waals surface area (Å²) in [6, 6.07) is 7.62. The zero-order valence-corrected chi connectivity index (χ0v) is 18.5. The first kappa shape index (κ1) is 26.3. The van der Waals surface area contributed by atoms with Gasteiger partial charge < -0.3 is 40.5 Å². The number of nitrogens with one attached hydrogen (secondary N) is 2. The van der Waals surface area contributed by atoms with Crippen LogP contribution < -0.4 is 15.5 Å². The van der Waals surface area contributed by atoms with Gasteiger partial charge in [0.15, 0.2) is 12.2 Å². The molecule has 0 radical (unpaired) electrons. The minimum absolute atomic E-state index is 0.287. The number of aliphatic hydroxyl groups is 2. The van der Waals surface area contributed by atoms with Gasteiger partial charge >= 0.3 is 11.9 Å². The smallest absolute Gasteiger partial charge is 0.335 e. The van der Waals surface area contributed by atoms with Crippen LogP contribution in [0.3, 0.4) is 0 Å². The summed E-state index contributed by atoms with van der Waals surface area (Å²) < 4.78 is 5.02. The van der Waals surface area contributed by atoms with E-state index in [-0.39, 0.29) is 5.91 Å². The van der Waals surface area contributed by atoms with E-state index in [0.29, 0.717) is 28.3 Å². The predicted molar refractivity (Wildman–Crippen MR) is 117 cm³/mol. The summed E-state index contributed by atoms with van der Waals surface area (Å²) in [5.74, 6) is -3.35. The van der Waals surface area contributed by atoms with Gasteiger partial charge in [0.05, 0.1) is 16.9 Å². The fourth-order valence-electron chi connectivity index (χ4n) is 3.16. The first-order valence-corrected chi connectivity index (χ1v) is 10.1. The van der Waals surface area contributed by atoms with Crippen molar-refractivity contribution in [1.82, 2.24) is 10.5 Å². The van der Waals surface area contributed by atoms with Gasteiger partial charge in [-0.05, 0) is 32.0 Å². The number of carboxylic acid groups (broad SMARTS) is 2. The number of nitrogens with zero attached hydrogens (tertiary/aromatic N) is 3. The highest BCUT2D eigenvalue weighted by atomic mass is 16.5. The van der Waals surface area contributed by atoms with Crippen LogP contribution in [0, 0.1) is 25.2 Å². The van der Waals surface area contributed by atoms with Crippen molar-refractivity contribution in [1.29, 1.82) is 5.26 Å². The van der Waals surface area contributed by atoms with Gasteiger partial charge in [-0.25, -0.2) is 9.59 Å². The molecular formula is C21H25N5O8. The third kappa shape index (κ3) is 6.51. The van der Waals surface area contributed by atoms with Gasteiger partial charge in [-0.2, -0.15) is 5.26 Å². The van der Waals surface area contributed by atoms with Crippen molar-refractivity contribution < 1.29 is 39.3 Å². The molecule has 1 fully saturated rings. The average Bonchev–Trinajstić information content (AvgIpc) is 3.16. The second kappa shape index (κ2) is 11.8. The van der Waals surface area contributed by atoms with E-state index in [9.17, 15) is 19.6 Å². The van der Waals surface area contributed by atoms with Crippen molar-refractivity contribution in [2.75, 3.05) is 36.4 Å². The largest absolute Gasteiger partial charge is 0.479 e. The lowest BCUT2D eigenvalue weighted by Gasteiger charge is -2.30. The first-order chi connectivity index (χ1) is 16.1. The summed E-state index contributed by atoms with van der Waals surface area (Å²) in [6.07, 6.45) is -4.53. The van der Waals surface area contributed by atoms with E-state index < -0.39 is 24.1 Å². The molecule has 6 N–H and O–H groups in total. The highest BCUT2D eigenvalue weighted by molar-refractivity contribution is 6.05. The fourth-order valence-corrected chi connectivity index (χ4v) is 3.16. The Hall–Kier alpha value is -3.99. The Kier molecular flexibility index (Phi) is 9.08. The number of aromatic nitrogens is 1. The topological polar surface area (TPSA) is 209 Å². The van der Waals surface area contributed by atoms with Crippen molar-refractivity contribution in [3.05, 3.63) is 40.8 Å². The normalized spacial score (nSPS) is 14.7. The van der Waals surface area contributed by atoms with Gasteiger partial charge in [0.1, 0.15) is 17.4 Å². The van der Waals surface area contributed by atoms with E-state index >= 15 is 0 Å². The molecule has 0 unspecified atom stereocenters. The molecule has 1 saturated heterocycles. The monoisotopic (exact) mass is 475 g/mol. The zero-order valence-electron chi connectivity index (χ0n) is 18.5. The van der Waals surface area contributed by atoms with Crippen molar-refractivity contribution in [3.8, 4) is 6.07 Å². The maximum atomic E-state index is 12.4. The van der Waals surface area contributed by atoms with Crippen LogP contribution in [-0.2, 0) is 9.59 Å². The maximum Gasteiger partial charge on any atom is 0.335 e. The van der Waals surface area contributed by atoms with E-state index in [4.69, 9.17) is 24.9 Å². The molecule has 0 aliphatic carbocycles. The van der Waals surface area contributed by atoms with Crippen LogP contribution in [0.15, 0.2) is 22.7 Å². The molecule has 1 amide bonds. The van der Waals surface area contributed by atoms with Crippen LogP contribution in [0.1, 0.15) is 27.4 Å². The van der Waals surface area contributed by atoms with Crippen molar-refractivity contribution in [3.63, 3.8) is 0 Å². The summed E-state index contributed by atoms with van der Waals surface area (Å²) in [7, 11) is 0. The molecule has 182 valence electrons. The highest BCUT2D eigenvalue weighted by Crippen LogP contribution is 2.25. The number of nitriles is 1. The van der Waals surface area contributed by atoms with Crippen molar-refractivity contribution in [2.24, 2.45) is 0 Å². The van der Waals surface area contributed by atoms with E-state index in [1.807, 2.05) is 12.1 Å². The number of rotatable bonds is 6. The molecule has 34 heavy (non-hydrogen) atoms. The van der Waals surface area contributed by atoms with Crippen LogP contribution in [0.5, 0.6) is 0 Å². The second-order valence-corrected chi connectivity index (χ2v) is 7.30. The zero-order chi connectivity index (χ0) is 25.4. The number of piperazine rings is 1. The standard InChI is InChI=1S/C17H19N5O2.C4H6O6/c1-11-16(12(2)24-21-11)17(23)20-14-3-4-15(13(9-14)10-18)22-7-5-19-6-8-22;5-1(3(7)8)2(6)4(9)10/h3-4,9,19H,5-8H2,1-2H3,(H,20,23);1-2,5-6H,(H,7,8)(H,9,10)/t;1-,2-/m.0/s1. The minimum atomic E-state index is -2.27. The Labute approximate surface area is 194 Å². The van der Waals surface area contributed by atoms with Crippen LogP contribution in [-0.4, -0.2) is 81.8 Å². The quantitative estimate of drug-likeness (QED) is 0.318. The molecule has 2 heterocycles. The van der Waals surface area contributed by atoms with Crippen molar-refractivity contribution >= 4 is 29.2 Å². The Morgan fingerprint density at radius 2 is 1.74 bits per heavy atom. The van der Waals surface area contributed by atoms with Gasteiger partial charge in [0.25, 0.3) is 5.91 Å². The van der Waals surface area contributed by atoms with Crippen molar-refractivity contribution in [2.45, 2.75) is 26.1 Å². The summed E-state index contributed by atoms with van der Waals surface area (Å²) in [4.78, 5) is 34.1. The summed E-state index contributed by atoms with van der Waals surface area (Å²) in [6.45, 7) is 6.94. The number of carbonyl (C=O) groups is 3. The number of amides is 1. The molecule has 0 bridgehead atoms. The average molecular weight is 475 g/mol. The number of carbonyl (C=O) groups excluding carboxylic acids is 1. The Morgan fingerprint density at radius 1 is 1.15 bits per heavy atom. The van der Waals surface area contributed by atoms with Gasteiger partial charge in [0, 0.05) is 31.9 Å². The molecule has 1 aromatic heterocycles. The first-order valence-electron chi connectivity index (χ1n) is 10.1. The lowest BCUT2D eigenvalue weighted by Crippen LogP contribution is -2.43. The lowest BCUT2D eigenvalue weighted by atomic mass is 10.1. The molecule has 1 aliphatic heterocycles. The molecule has 0 saturated carbocycles. The number of aryl methyl sites for hydroxylation is 2. The number of hydrogen-bond acceptors (Lipinski definition) is 10. The third-order valence-corrected chi connectivity index (χ3v) is 4.90. The minimum Gasteiger partial charge on any atom is -0.479 e. The fraction of sp³-hybridized carbons (Fsp3) is 0.381. The second-order valence-electron chi connectivity index (χ2n) is 7.30. The van der Waals surface area contributed by atoms with Crippen LogP contribution in [0.25, 0.3) is 0 Å². The molecule has 13 heteroatoms. The lowest BCUT2D eigenvalue weighted by molar-refractivity contribution is -0.165. The SMILES string of the molecule is Cc1noc(C)c1C(=O)Nc1ccc(N2CCNCC2)c(C#N)c1.O=C(O)[C@@H](O)[C@H](O)C(=O)O. The van der Waals surface area contributed by atoms with Gasteiger partial charge in [-0.15, -0.1) is 0 Å². The Bertz CT molecular complexity index is 1050. The molecular weight excluding hydrogens is 450 g/mol. The number of hydrogen-bond donors (Lipinski definition) is 6. The number of anilines is 2. The van der Waals surface area contributed by atoms with Gasteiger partial charge in [-0.1, -0.05) is 5.16 Å². The number of aliphatic hydroxyl groups excluding tert-OH is 2. The van der Waals surface area contributed by atoms with E-state index in [0.717, 1.165) is 31.9 Å². The maximum absolute atomic E-state index is 12.4. The Morgan fingerprint density at radius 3 is 2.21 bits per heavy atom. The number of carboxylic acids is 2. The van der Waals surface area contributed by atoms with E-state index in [1.54, 1.807) is 19.9 Å². The predicted octanol–water partition coefficient (Wildman–Crippen LogP) is -0.298. The highest BCUT2D eigenvalue weighted by Gasteiger charge is 2.29. The van der Waals surface area contributed by atoms with Crippen LogP contribution in [0.2, 0.25) is 0 Å². The Balaban J connectivity index is 0.000000347. The molecule has 1 aromatic carbocycles. The van der Waals surface area contributed by atoms with Crippen LogP contribution in [0.4, 0.5) is 11.4 Å². The van der Waals surface area contributed by atoms with Crippen LogP contribution >= 0.6 is 0 Å². The number of aliphatic carboxylic acids is 2. The van der Waals surface area contributed by atoms with E-state index in [1.165, 1.54) is 0 Å². The summed E-state index contributed by atoms with van der Waals surface area (Å²) in [5, 5.41) is 51.9. The molecule has 13 nitrogen and oxygen atoms in total. The number of benzene rings is 1. The molecule has 2 aromatic rings. The van der Waals surface area contributed by atoms with E-state index in [2.05, 4.69) is 26.8 Å². The molecule has 0 spiro atoms. The molecule has 1 aliphatic rings. The van der Waals surface area contributed by atoms with Gasteiger partial charge in [-0.3, -0.25) is 4.79 Å².